The number of nitrogens with zero attached hydrogens (tertiary/aromatic N) is 2. The number of likely N-dealkylation sites (N-methyl/N-ethyl adjacent to an activating group) is 1. The SMILES string of the molecule is CN(C1=CC(C#N)CC1=O)C1C2CC3CC(C2)CC1C3. The number of allylic oxidation sites excluding steroid dienone is 2. The van der Waals surface area contributed by atoms with Gasteiger partial charge in [-0.25, -0.2) is 0 Å². The third-order valence-corrected chi connectivity index (χ3v) is 6.22. The standard InChI is InChI=1S/C17H22N2O/c1-19(15-7-12(9-18)8-16(15)20)17-13-3-10-2-11(5-13)6-14(17)4-10/h7,10-14,17H,2-6,8H2,1H3. The summed E-state index contributed by atoms with van der Waals surface area (Å²) < 4.78 is 0. The van der Waals surface area contributed by atoms with E-state index in [1.165, 1.54) is 32.1 Å². The summed E-state index contributed by atoms with van der Waals surface area (Å²) in [5.74, 6) is 3.46. The number of carbonyl (C=O) groups excluding carboxylic acids is 1. The molecule has 5 rings (SSSR count). The molecule has 0 amide bonds. The number of Topliss-reactive ketones (excluding diaryl/α,β-unsaturated/α-hetero) is 1. The fourth-order valence-corrected chi connectivity index (χ4v) is 5.73. The van der Waals surface area contributed by atoms with Gasteiger partial charge in [-0.1, -0.05) is 0 Å². The lowest BCUT2D eigenvalue weighted by molar-refractivity contribution is -0.118. The summed E-state index contributed by atoms with van der Waals surface area (Å²) in [7, 11) is 2.09. The van der Waals surface area contributed by atoms with E-state index in [4.69, 9.17) is 5.26 Å². The maximum atomic E-state index is 12.2. The van der Waals surface area contributed by atoms with Gasteiger partial charge in [0.25, 0.3) is 0 Å². The summed E-state index contributed by atoms with van der Waals surface area (Å²) >= 11 is 0. The monoisotopic (exact) mass is 270 g/mol. The normalized spacial score (nSPS) is 45.4. The molecule has 0 aliphatic heterocycles. The Morgan fingerprint density at radius 3 is 2.25 bits per heavy atom. The molecule has 4 bridgehead atoms. The molecule has 106 valence electrons. The summed E-state index contributed by atoms with van der Waals surface area (Å²) in [4.78, 5) is 14.4. The van der Waals surface area contributed by atoms with Crippen LogP contribution in [0.1, 0.15) is 38.5 Å². The van der Waals surface area contributed by atoms with Crippen molar-refractivity contribution in [1.29, 1.82) is 5.26 Å². The van der Waals surface area contributed by atoms with E-state index < -0.39 is 0 Å². The maximum absolute atomic E-state index is 12.2. The Morgan fingerprint density at radius 1 is 1.15 bits per heavy atom. The minimum Gasteiger partial charge on any atom is -0.368 e. The molecule has 4 saturated carbocycles. The van der Waals surface area contributed by atoms with Gasteiger partial charge in [-0.05, 0) is 61.9 Å². The van der Waals surface area contributed by atoms with Crippen molar-refractivity contribution in [2.45, 2.75) is 44.6 Å². The van der Waals surface area contributed by atoms with E-state index in [9.17, 15) is 4.79 Å². The molecule has 5 aliphatic carbocycles. The molecule has 0 radical (unpaired) electrons. The molecule has 0 aromatic heterocycles. The average Bonchev–Trinajstić information content (AvgIpc) is 2.78. The first-order chi connectivity index (χ1) is 9.65. The molecule has 0 saturated heterocycles. The first kappa shape index (κ1) is 12.4. The highest BCUT2D eigenvalue weighted by molar-refractivity contribution is 5.97. The highest BCUT2D eigenvalue weighted by Gasteiger charge is 2.50. The van der Waals surface area contributed by atoms with Crippen LogP contribution in [0, 0.1) is 40.9 Å². The fraction of sp³-hybridized carbons (Fsp3) is 0.765. The van der Waals surface area contributed by atoms with Crippen LogP contribution >= 0.6 is 0 Å². The zero-order valence-electron chi connectivity index (χ0n) is 12.1. The van der Waals surface area contributed by atoms with E-state index in [-0.39, 0.29) is 11.7 Å². The molecule has 0 heterocycles. The van der Waals surface area contributed by atoms with Crippen LogP contribution in [0.4, 0.5) is 0 Å². The Balaban J connectivity index is 1.59. The number of hydrogen-bond acceptors (Lipinski definition) is 3. The van der Waals surface area contributed by atoms with Gasteiger partial charge in [-0.3, -0.25) is 4.79 Å². The number of rotatable bonds is 2. The molecule has 0 aromatic rings. The highest BCUT2D eigenvalue weighted by atomic mass is 16.1. The molecule has 1 unspecified atom stereocenters. The predicted octanol–water partition coefficient (Wildman–Crippen LogP) is 2.74. The molecule has 3 heteroatoms. The quantitative estimate of drug-likeness (QED) is 0.775. The van der Waals surface area contributed by atoms with Crippen molar-refractivity contribution < 1.29 is 4.79 Å². The van der Waals surface area contributed by atoms with Crippen LogP contribution in [0.2, 0.25) is 0 Å². The van der Waals surface area contributed by atoms with E-state index in [2.05, 4.69) is 18.0 Å². The summed E-state index contributed by atoms with van der Waals surface area (Å²) in [5.41, 5.74) is 0.828. The van der Waals surface area contributed by atoms with Crippen molar-refractivity contribution in [3.63, 3.8) is 0 Å². The van der Waals surface area contributed by atoms with Crippen LogP contribution in [0.3, 0.4) is 0 Å². The van der Waals surface area contributed by atoms with Gasteiger partial charge >= 0.3 is 0 Å². The minimum atomic E-state index is -0.197. The zero-order chi connectivity index (χ0) is 13.9. The largest absolute Gasteiger partial charge is 0.368 e. The minimum absolute atomic E-state index is 0.174. The predicted molar refractivity (Wildman–Crippen MR) is 75.4 cm³/mol. The molecule has 3 nitrogen and oxygen atoms in total. The molecular formula is C17H22N2O. The van der Waals surface area contributed by atoms with Crippen molar-refractivity contribution in [1.82, 2.24) is 4.90 Å². The number of ketones is 1. The second-order valence-electron chi connectivity index (χ2n) is 7.45. The van der Waals surface area contributed by atoms with E-state index in [0.717, 1.165) is 29.4 Å². The summed E-state index contributed by atoms with van der Waals surface area (Å²) in [5, 5.41) is 9.03. The second kappa shape index (κ2) is 4.35. The van der Waals surface area contributed by atoms with E-state index in [0.29, 0.717) is 12.5 Å². The van der Waals surface area contributed by atoms with E-state index in [1.807, 2.05) is 6.08 Å². The summed E-state index contributed by atoms with van der Waals surface area (Å²) in [6.45, 7) is 0. The number of hydrogen-bond donors (Lipinski definition) is 0. The molecule has 1 atom stereocenters. The topological polar surface area (TPSA) is 44.1 Å². The molecular weight excluding hydrogens is 248 g/mol. The highest BCUT2D eigenvalue weighted by Crippen LogP contribution is 2.55. The number of carbonyl (C=O) groups is 1. The van der Waals surface area contributed by atoms with Gasteiger partial charge in [0, 0.05) is 19.5 Å². The third kappa shape index (κ3) is 1.74. The van der Waals surface area contributed by atoms with Gasteiger partial charge in [0.1, 0.15) is 0 Å². The maximum Gasteiger partial charge on any atom is 0.180 e. The van der Waals surface area contributed by atoms with Crippen LogP contribution < -0.4 is 0 Å². The Hall–Kier alpha value is -1.30. The van der Waals surface area contributed by atoms with Crippen molar-refractivity contribution >= 4 is 5.78 Å². The molecule has 4 fully saturated rings. The summed E-state index contributed by atoms with van der Waals surface area (Å²) in [6, 6.07) is 2.77. The van der Waals surface area contributed by atoms with Gasteiger partial charge in [0.15, 0.2) is 5.78 Å². The van der Waals surface area contributed by atoms with Gasteiger partial charge in [0.2, 0.25) is 0 Å². The van der Waals surface area contributed by atoms with Crippen molar-refractivity contribution in [2.75, 3.05) is 7.05 Å². The Kier molecular flexibility index (Phi) is 2.70. The fourth-order valence-electron chi connectivity index (χ4n) is 5.73. The molecule has 0 spiro atoms. The van der Waals surface area contributed by atoms with Crippen molar-refractivity contribution in [3.8, 4) is 6.07 Å². The first-order valence-electron chi connectivity index (χ1n) is 8.03. The first-order valence-corrected chi connectivity index (χ1v) is 8.03. The average molecular weight is 270 g/mol. The molecule has 20 heavy (non-hydrogen) atoms. The van der Waals surface area contributed by atoms with Gasteiger partial charge in [0.05, 0.1) is 17.7 Å². The van der Waals surface area contributed by atoms with Crippen molar-refractivity contribution in [3.05, 3.63) is 11.8 Å². The van der Waals surface area contributed by atoms with Crippen molar-refractivity contribution in [2.24, 2.45) is 29.6 Å². The van der Waals surface area contributed by atoms with Gasteiger partial charge in [-0.15, -0.1) is 0 Å². The van der Waals surface area contributed by atoms with Crippen LogP contribution in [0.25, 0.3) is 0 Å². The van der Waals surface area contributed by atoms with E-state index >= 15 is 0 Å². The Morgan fingerprint density at radius 2 is 1.75 bits per heavy atom. The Labute approximate surface area is 120 Å². The zero-order valence-corrected chi connectivity index (χ0v) is 12.1. The van der Waals surface area contributed by atoms with Gasteiger partial charge < -0.3 is 4.90 Å². The van der Waals surface area contributed by atoms with Crippen LogP contribution in [-0.2, 0) is 4.79 Å². The van der Waals surface area contributed by atoms with E-state index in [1.54, 1.807) is 0 Å². The van der Waals surface area contributed by atoms with Crippen LogP contribution in [0.5, 0.6) is 0 Å². The lowest BCUT2D eigenvalue weighted by atomic mass is 9.54. The smallest absolute Gasteiger partial charge is 0.180 e. The lowest BCUT2D eigenvalue weighted by Gasteiger charge is -2.57. The van der Waals surface area contributed by atoms with Crippen LogP contribution in [0.15, 0.2) is 11.8 Å². The third-order valence-electron chi connectivity index (χ3n) is 6.22. The van der Waals surface area contributed by atoms with Crippen LogP contribution in [-0.4, -0.2) is 23.8 Å². The lowest BCUT2D eigenvalue weighted by Crippen LogP contribution is -2.54. The Bertz CT molecular complexity index is 488. The second-order valence-corrected chi connectivity index (χ2v) is 7.45. The number of nitriles is 1. The molecule has 0 aromatic carbocycles. The molecule has 5 aliphatic rings. The van der Waals surface area contributed by atoms with Gasteiger partial charge in [-0.2, -0.15) is 5.26 Å². The molecule has 0 N–H and O–H groups in total. The summed E-state index contributed by atoms with van der Waals surface area (Å²) in [6.07, 6.45) is 9.23.